The summed E-state index contributed by atoms with van der Waals surface area (Å²) in [5.41, 5.74) is 4.53. The van der Waals surface area contributed by atoms with Crippen LogP contribution in [0.15, 0.2) is 42.6 Å². The topological polar surface area (TPSA) is 54.6 Å². The zero-order valence-corrected chi connectivity index (χ0v) is 18.0. The first-order valence-electron chi connectivity index (χ1n) is 10.8. The highest BCUT2D eigenvalue weighted by atomic mass is 16.5. The van der Waals surface area contributed by atoms with E-state index >= 15 is 0 Å². The van der Waals surface area contributed by atoms with Crippen molar-refractivity contribution in [3.8, 4) is 11.5 Å². The number of aromatic amines is 1. The van der Waals surface area contributed by atoms with Gasteiger partial charge in [0.2, 0.25) is 5.91 Å². The van der Waals surface area contributed by atoms with Crippen molar-refractivity contribution in [2.24, 2.45) is 0 Å². The molecule has 2 aromatic carbocycles. The number of amides is 1. The second kappa shape index (κ2) is 8.82. The lowest BCUT2D eigenvalue weighted by Crippen LogP contribution is -2.29. The van der Waals surface area contributed by atoms with Crippen LogP contribution in [-0.4, -0.2) is 43.1 Å². The molecule has 1 N–H and O–H groups in total. The molecule has 0 saturated carbocycles. The first-order valence-corrected chi connectivity index (χ1v) is 10.8. The number of carbonyl (C=O) groups is 1. The average molecular weight is 407 g/mol. The lowest BCUT2D eigenvalue weighted by atomic mass is 9.86. The van der Waals surface area contributed by atoms with Crippen molar-refractivity contribution in [2.75, 3.05) is 27.3 Å². The van der Waals surface area contributed by atoms with Crippen molar-refractivity contribution >= 4 is 16.8 Å². The smallest absolute Gasteiger partial charge is 0.223 e. The van der Waals surface area contributed by atoms with E-state index in [0.717, 1.165) is 49.0 Å². The van der Waals surface area contributed by atoms with Crippen LogP contribution in [0.1, 0.15) is 48.8 Å². The Kier molecular flexibility index (Phi) is 5.98. The second-order valence-corrected chi connectivity index (χ2v) is 7.86. The molecular weight excluding hydrogens is 376 g/mol. The molecule has 1 aromatic heterocycles. The molecule has 3 aromatic rings. The van der Waals surface area contributed by atoms with Gasteiger partial charge in [-0.3, -0.25) is 4.79 Å². The number of nitrogens with zero attached hydrogens (tertiary/aromatic N) is 1. The monoisotopic (exact) mass is 406 g/mol. The number of nitrogens with one attached hydrogen (secondary N) is 1. The van der Waals surface area contributed by atoms with Gasteiger partial charge in [-0.1, -0.05) is 37.3 Å². The van der Waals surface area contributed by atoms with E-state index in [2.05, 4.69) is 36.3 Å². The Morgan fingerprint density at radius 3 is 2.53 bits per heavy atom. The number of H-pyrrole nitrogens is 1. The number of carbonyl (C=O) groups excluding carboxylic acids is 1. The van der Waals surface area contributed by atoms with Gasteiger partial charge in [-0.25, -0.2) is 0 Å². The molecule has 1 fully saturated rings. The maximum atomic E-state index is 13.2. The minimum atomic E-state index is -0.121. The van der Waals surface area contributed by atoms with Crippen LogP contribution in [-0.2, 0) is 11.2 Å². The lowest BCUT2D eigenvalue weighted by molar-refractivity contribution is -0.130. The molecule has 1 amide bonds. The number of hydrogen-bond acceptors (Lipinski definition) is 3. The number of methoxy groups -OCH3 is 2. The molecule has 5 heteroatoms. The summed E-state index contributed by atoms with van der Waals surface area (Å²) in [6.45, 7) is 3.87. The highest BCUT2D eigenvalue weighted by molar-refractivity contribution is 5.88. The molecule has 1 aliphatic rings. The quantitative estimate of drug-likeness (QED) is 0.608. The van der Waals surface area contributed by atoms with Crippen LogP contribution in [0.3, 0.4) is 0 Å². The van der Waals surface area contributed by atoms with Gasteiger partial charge in [0.1, 0.15) is 0 Å². The predicted molar refractivity (Wildman–Crippen MR) is 119 cm³/mol. The Hall–Kier alpha value is -2.95. The molecule has 1 saturated heterocycles. The molecule has 1 atom stereocenters. The highest BCUT2D eigenvalue weighted by Gasteiger charge is 2.29. The zero-order valence-electron chi connectivity index (χ0n) is 18.0. The molecule has 2 heterocycles. The average Bonchev–Trinajstić information content (AvgIpc) is 3.47. The molecule has 158 valence electrons. The van der Waals surface area contributed by atoms with Gasteiger partial charge >= 0.3 is 0 Å². The number of fused-ring (bicyclic) bond motifs is 1. The molecule has 5 nitrogen and oxygen atoms in total. The number of benzene rings is 2. The third-order valence-electron chi connectivity index (χ3n) is 6.24. The van der Waals surface area contributed by atoms with Crippen molar-refractivity contribution in [1.29, 1.82) is 0 Å². The number of hydrogen-bond donors (Lipinski definition) is 1. The predicted octanol–water partition coefficient (Wildman–Crippen LogP) is 4.89. The molecule has 1 aliphatic heterocycles. The number of rotatable bonds is 7. The Bertz CT molecular complexity index is 1030. The fourth-order valence-corrected chi connectivity index (χ4v) is 4.67. The second-order valence-electron chi connectivity index (χ2n) is 7.86. The summed E-state index contributed by atoms with van der Waals surface area (Å²) < 4.78 is 11.3. The van der Waals surface area contributed by atoms with Crippen molar-refractivity contribution in [2.45, 2.75) is 38.5 Å². The molecule has 30 heavy (non-hydrogen) atoms. The number of para-hydroxylation sites is 2. The van der Waals surface area contributed by atoms with Crippen molar-refractivity contribution < 1.29 is 14.3 Å². The van der Waals surface area contributed by atoms with E-state index in [0.29, 0.717) is 17.9 Å². The van der Waals surface area contributed by atoms with E-state index in [9.17, 15) is 4.79 Å². The van der Waals surface area contributed by atoms with Crippen LogP contribution in [0.4, 0.5) is 0 Å². The first-order chi connectivity index (χ1) is 14.7. The van der Waals surface area contributed by atoms with E-state index in [1.54, 1.807) is 14.2 Å². The van der Waals surface area contributed by atoms with E-state index in [-0.39, 0.29) is 11.8 Å². The molecule has 4 rings (SSSR count). The van der Waals surface area contributed by atoms with Crippen LogP contribution in [0.5, 0.6) is 11.5 Å². The van der Waals surface area contributed by atoms with Crippen LogP contribution in [0.25, 0.3) is 10.9 Å². The zero-order chi connectivity index (χ0) is 21.1. The van der Waals surface area contributed by atoms with Crippen LogP contribution in [0, 0.1) is 0 Å². The van der Waals surface area contributed by atoms with Gasteiger partial charge in [0.05, 0.1) is 14.2 Å². The van der Waals surface area contributed by atoms with Crippen LogP contribution < -0.4 is 9.47 Å². The van der Waals surface area contributed by atoms with Crippen LogP contribution >= 0.6 is 0 Å². The van der Waals surface area contributed by atoms with Gasteiger partial charge in [0, 0.05) is 48.1 Å². The Morgan fingerprint density at radius 1 is 1.07 bits per heavy atom. The summed E-state index contributed by atoms with van der Waals surface area (Å²) in [6.07, 6.45) is 5.60. The van der Waals surface area contributed by atoms with Crippen LogP contribution in [0.2, 0.25) is 0 Å². The molecule has 0 bridgehead atoms. The van der Waals surface area contributed by atoms with Gasteiger partial charge in [0.25, 0.3) is 0 Å². The Balaban J connectivity index is 1.84. The van der Waals surface area contributed by atoms with Crippen molar-refractivity contribution in [1.82, 2.24) is 9.88 Å². The maximum absolute atomic E-state index is 13.2. The molecule has 0 radical (unpaired) electrons. The number of likely N-dealkylation sites (tertiary alicyclic amines) is 1. The SMILES string of the molecule is CCc1cccc2c([C@H](CC(=O)N3CCCC3)c3cccc(OC)c3OC)c[nH]c12. The lowest BCUT2D eigenvalue weighted by Gasteiger charge is -2.23. The van der Waals surface area contributed by atoms with Gasteiger partial charge < -0.3 is 19.4 Å². The molecule has 0 aliphatic carbocycles. The van der Waals surface area contributed by atoms with E-state index in [4.69, 9.17) is 9.47 Å². The fourth-order valence-electron chi connectivity index (χ4n) is 4.67. The largest absolute Gasteiger partial charge is 0.493 e. The van der Waals surface area contributed by atoms with E-state index in [1.807, 2.05) is 23.1 Å². The van der Waals surface area contributed by atoms with Gasteiger partial charge in [0.15, 0.2) is 11.5 Å². The fraction of sp³-hybridized carbons (Fsp3) is 0.400. The minimum absolute atomic E-state index is 0.121. The molecule has 0 unspecified atom stereocenters. The summed E-state index contributed by atoms with van der Waals surface area (Å²) in [5.74, 6) is 1.45. The van der Waals surface area contributed by atoms with Crippen molar-refractivity contribution in [3.05, 3.63) is 59.3 Å². The van der Waals surface area contributed by atoms with Gasteiger partial charge in [-0.15, -0.1) is 0 Å². The summed E-state index contributed by atoms with van der Waals surface area (Å²) in [5, 5.41) is 1.17. The highest BCUT2D eigenvalue weighted by Crippen LogP contribution is 2.42. The third-order valence-corrected chi connectivity index (χ3v) is 6.24. The summed E-state index contributed by atoms with van der Waals surface area (Å²) in [6, 6.07) is 12.3. The Labute approximate surface area is 178 Å². The molecule has 0 spiro atoms. The standard InChI is InChI=1S/C25H30N2O3/c1-4-17-9-7-10-18-21(16-26-24(17)18)20(15-23(28)27-13-5-6-14-27)19-11-8-12-22(29-2)25(19)30-3/h7-12,16,20,26H,4-6,13-15H2,1-3H3/t20-/m1/s1. The number of aryl methyl sites for hydroxylation is 1. The minimum Gasteiger partial charge on any atom is -0.493 e. The van der Waals surface area contributed by atoms with E-state index in [1.165, 1.54) is 10.9 Å². The third kappa shape index (κ3) is 3.64. The first kappa shape index (κ1) is 20.3. The van der Waals surface area contributed by atoms with Crippen molar-refractivity contribution in [3.63, 3.8) is 0 Å². The summed E-state index contributed by atoms with van der Waals surface area (Å²) in [7, 11) is 3.30. The van der Waals surface area contributed by atoms with Gasteiger partial charge in [-0.2, -0.15) is 0 Å². The maximum Gasteiger partial charge on any atom is 0.223 e. The normalized spacial score (nSPS) is 14.8. The summed E-state index contributed by atoms with van der Waals surface area (Å²) >= 11 is 0. The number of ether oxygens (including phenoxy) is 2. The van der Waals surface area contributed by atoms with Gasteiger partial charge in [-0.05, 0) is 36.5 Å². The Morgan fingerprint density at radius 2 is 1.83 bits per heavy atom. The number of aromatic nitrogens is 1. The summed E-state index contributed by atoms with van der Waals surface area (Å²) in [4.78, 5) is 18.6. The van der Waals surface area contributed by atoms with E-state index < -0.39 is 0 Å². The molecular formula is C25H30N2O3.